The van der Waals surface area contributed by atoms with Crippen LogP contribution in [0, 0.1) is 0 Å². The summed E-state index contributed by atoms with van der Waals surface area (Å²) in [5.41, 5.74) is 5.90. The lowest BCUT2D eigenvalue weighted by Crippen LogP contribution is -2.27. The molecule has 0 fully saturated rings. The Labute approximate surface area is 127 Å². The second-order valence-corrected chi connectivity index (χ2v) is 7.38. The molecule has 7 heteroatoms. The minimum absolute atomic E-state index is 0.120. The van der Waals surface area contributed by atoms with Crippen LogP contribution >= 0.6 is 22.9 Å². The topological polar surface area (TPSA) is 72.2 Å². The van der Waals surface area contributed by atoms with Crippen molar-refractivity contribution in [2.24, 2.45) is 0 Å². The predicted octanol–water partition coefficient (Wildman–Crippen LogP) is 3.41. The number of rotatable bonds is 5. The Bertz CT molecular complexity index is 684. The fourth-order valence-corrected chi connectivity index (χ4v) is 4.16. The number of anilines is 1. The lowest BCUT2D eigenvalue weighted by Gasteiger charge is -2.16. The molecule has 0 aliphatic rings. The van der Waals surface area contributed by atoms with Gasteiger partial charge in [-0.25, -0.2) is 13.1 Å². The van der Waals surface area contributed by atoms with Crippen LogP contribution in [0.1, 0.15) is 24.3 Å². The van der Waals surface area contributed by atoms with Gasteiger partial charge >= 0.3 is 0 Å². The highest BCUT2D eigenvalue weighted by Gasteiger charge is 2.21. The van der Waals surface area contributed by atoms with Crippen LogP contribution in [-0.4, -0.2) is 8.42 Å². The fraction of sp³-hybridized carbons (Fsp3) is 0.231. The normalized spacial score (nSPS) is 13.3. The molecule has 0 spiro atoms. The first-order chi connectivity index (χ1) is 9.44. The van der Waals surface area contributed by atoms with Gasteiger partial charge in [0.2, 0.25) is 10.0 Å². The number of benzene rings is 1. The second kappa shape index (κ2) is 6.13. The maximum absolute atomic E-state index is 12.4. The van der Waals surface area contributed by atoms with E-state index in [2.05, 4.69) is 4.72 Å². The van der Waals surface area contributed by atoms with E-state index < -0.39 is 10.0 Å². The van der Waals surface area contributed by atoms with Crippen LogP contribution in [0.15, 0.2) is 40.6 Å². The summed E-state index contributed by atoms with van der Waals surface area (Å²) in [6.45, 7) is 1.93. The molecule has 0 radical (unpaired) electrons. The summed E-state index contributed by atoms with van der Waals surface area (Å²) in [7, 11) is -3.62. The summed E-state index contributed by atoms with van der Waals surface area (Å²) >= 11 is 7.33. The number of sulfonamides is 1. The van der Waals surface area contributed by atoms with E-state index in [4.69, 9.17) is 17.3 Å². The molecule has 0 aliphatic heterocycles. The first-order valence-electron chi connectivity index (χ1n) is 6.05. The van der Waals surface area contributed by atoms with E-state index in [1.807, 2.05) is 24.4 Å². The first-order valence-corrected chi connectivity index (χ1v) is 8.79. The molecule has 4 nitrogen and oxygen atoms in total. The average Bonchev–Trinajstić information content (AvgIpc) is 2.93. The number of thiophene rings is 1. The van der Waals surface area contributed by atoms with Gasteiger partial charge in [0.15, 0.2) is 0 Å². The molecule has 0 aliphatic carbocycles. The highest BCUT2D eigenvalue weighted by molar-refractivity contribution is 7.89. The van der Waals surface area contributed by atoms with Crippen molar-refractivity contribution in [2.45, 2.75) is 24.3 Å². The van der Waals surface area contributed by atoms with Crippen molar-refractivity contribution in [3.8, 4) is 0 Å². The van der Waals surface area contributed by atoms with Gasteiger partial charge in [0, 0.05) is 4.88 Å². The van der Waals surface area contributed by atoms with Crippen LogP contribution in [-0.2, 0) is 10.0 Å². The maximum Gasteiger partial charge on any atom is 0.241 e. The monoisotopic (exact) mass is 330 g/mol. The Kier molecular flexibility index (Phi) is 4.70. The Morgan fingerprint density at radius 3 is 2.70 bits per heavy atom. The maximum atomic E-state index is 12.4. The summed E-state index contributed by atoms with van der Waals surface area (Å²) in [6.07, 6.45) is 0.669. The predicted molar refractivity (Wildman–Crippen MR) is 83.5 cm³/mol. The van der Waals surface area contributed by atoms with Gasteiger partial charge in [-0.05, 0) is 36.1 Å². The van der Waals surface area contributed by atoms with Gasteiger partial charge in [-0.3, -0.25) is 0 Å². The highest BCUT2D eigenvalue weighted by Crippen LogP contribution is 2.26. The van der Waals surface area contributed by atoms with Crippen molar-refractivity contribution in [1.29, 1.82) is 0 Å². The van der Waals surface area contributed by atoms with Crippen molar-refractivity contribution in [2.75, 3.05) is 5.73 Å². The van der Waals surface area contributed by atoms with E-state index in [0.717, 1.165) is 4.88 Å². The Balaban J connectivity index is 2.28. The lowest BCUT2D eigenvalue weighted by atomic mass is 10.2. The summed E-state index contributed by atoms with van der Waals surface area (Å²) in [6, 6.07) is 7.87. The van der Waals surface area contributed by atoms with Crippen molar-refractivity contribution in [1.82, 2.24) is 4.72 Å². The molecule has 0 saturated heterocycles. The van der Waals surface area contributed by atoms with Gasteiger partial charge in [0.25, 0.3) is 0 Å². The molecule has 0 saturated carbocycles. The quantitative estimate of drug-likeness (QED) is 0.825. The summed E-state index contributed by atoms with van der Waals surface area (Å²) in [5.74, 6) is 0. The van der Waals surface area contributed by atoms with E-state index >= 15 is 0 Å². The van der Waals surface area contributed by atoms with E-state index in [9.17, 15) is 8.42 Å². The number of nitrogen functional groups attached to an aromatic ring is 1. The van der Waals surface area contributed by atoms with Crippen LogP contribution in [0.2, 0.25) is 5.02 Å². The molecule has 108 valence electrons. The van der Waals surface area contributed by atoms with Crippen LogP contribution < -0.4 is 10.5 Å². The van der Waals surface area contributed by atoms with Crippen LogP contribution in [0.25, 0.3) is 0 Å². The van der Waals surface area contributed by atoms with Crippen molar-refractivity contribution >= 4 is 38.6 Å². The number of halogens is 1. The SMILES string of the molecule is CCC(NS(=O)(=O)c1ccc(Cl)c(N)c1)c1cccs1. The zero-order valence-electron chi connectivity index (χ0n) is 10.8. The molecule has 1 aromatic carbocycles. The van der Waals surface area contributed by atoms with Gasteiger partial charge in [-0.15, -0.1) is 11.3 Å². The van der Waals surface area contributed by atoms with E-state index in [1.165, 1.54) is 29.5 Å². The van der Waals surface area contributed by atoms with Crippen LogP contribution in [0.5, 0.6) is 0 Å². The molecule has 3 N–H and O–H groups in total. The molecule has 2 rings (SSSR count). The largest absolute Gasteiger partial charge is 0.397 e. The molecule has 1 aromatic heterocycles. The number of hydrogen-bond donors (Lipinski definition) is 2. The molecular weight excluding hydrogens is 316 g/mol. The Morgan fingerprint density at radius 2 is 2.15 bits per heavy atom. The van der Waals surface area contributed by atoms with Gasteiger partial charge in [0.05, 0.1) is 21.6 Å². The smallest absolute Gasteiger partial charge is 0.241 e. The zero-order chi connectivity index (χ0) is 14.8. The van der Waals surface area contributed by atoms with Crippen LogP contribution in [0.3, 0.4) is 0 Å². The van der Waals surface area contributed by atoms with E-state index in [0.29, 0.717) is 11.4 Å². The van der Waals surface area contributed by atoms with Gasteiger partial charge in [0.1, 0.15) is 0 Å². The zero-order valence-corrected chi connectivity index (χ0v) is 13.2. The molecule has 0 amide bonds. The minimum atomic E-state index is -3.62. The number of hydrogen-bond acceptors (Lipinski definition) is 4. The van der Waals surface area contributed by atoms with Crippen LogP contribution in [0.4, 0.5) is 5.69 Å². The third-order valence-electron chi connectivity index (χ3n) is 2.87. The first kappa shape index (κ1) is 15.3. The molecule has 1 heterocycles. The number of nitrogens with one attached hydrogen (secondary N) is 1. The second-order valence-electron chi connectivity index (χ2n) is 4.28. The fourth-order valence-electron chi connectivity index (χ4n) is 1.78. The summed E-state index contributed by atoms with van der Waals surface area (Å²) < 4.78 is 27.4. The Hall–Kier alpha value is -1.08. The Morgan fingerprint density at radius 1 is 1.40 bits per heavy atom. The van der Waals surface area contributed by atoms with Gasteiger partial charge in [-0.2, -0.15) is 0 Å². The minimum Gasteiger partial charge on any atom is -0.397 e. The van der Waals surface area contributed by atoms with Gasteiger partial charge < -0.3 is 5.73 Å². The van der Waals surface area contributed by atoms with Gasteiger partial charge in [-0.1, -0.05) is 24.6 Å². The summed E-state index contributed by atoms with van der Waals surface area (Å²) in [4.78, 5) is 1.10. The molecule has 1 unspecified atom stereocenters. The van der Waals surface area contributed by atoms with Crippen molar-refractivity contribution in [3.63, 3.8) is 0 Å². The van der Waals surface area contributed by atoms with E-state index in [-0.39, 0.29) is 16.6 Å². The number of nitrogens with two attached hydrogens (primary N) is 1. The highest BCUT2D eigenvalue weighted by atomic mass is 35.5. The molecule has 0 bridgehead atoms. The third kappa shape index (κ3) is 3.32. The summed E-state index contributed by atoms with van der Waals surface area (Å²) in [5, 5.41) is 2.27. The van der Waals surface area contributed by atoms with Crippen molar-refractivity contribution < 1.29 is 8.42 Å². The third-order valence-corrected chi connectivity index (χ3v) is 5.67. The molecular formula is C13H15ClN2O2S2. The van der Waals surface area contributed by atoms with E-state index in [1.54, 1.807) is 0 Å². The molecule has 20 heavy (non-hydrogen) atoms. The molecule has 1 atom stereocenters. The van der Waals surface area contributed by atoms with Crippen molar-refractivity contribution in [3.05, 3.63) is 45.6 Å². The standard InChI is InChI=1S/C13H15ClN2O2S2/c1-2-12(13-4-3-7-19-13)16-20(17,18)9-5-6-10(14)11(15)8-9/h3-8,12,16H,2,15H2,1H3. The average molecular weight is 331 g/mol. The lowest BCUT2D eigenvalue weighted by molar-refractivity contribution is 0.553. The molecule has 2 aromatic rings.